The summed E-state index contributed by atoms with van der Waals surface area (Å²) in [4.78, 5) is 71.1. The Morgan fingerprint density at radius 2 is 1.93 bits per heavy atom. The largest absolute Gasteiger partial charge is 0.503 e. The number of carbonyl (C=O) groups is 4. The molecule has 2 aromatic rings. The minimum absolute atomic E-state index is 0.00811. The lowest BCUT2D eigenvalue weighted by molar-refractivity contribution is -0.165. The van der Waals surface area contributed by atoms with Crippen molar-refractivity contribution in [3.63, 3.8) is 0 Å². The van der Waals surface area contributed by atoms with Crippen LogP contribution in [0.4, 0.5) is 5.13 Å². The summed E-state index contributed by atoms with van der Waals surface area (Å²) in [7, 11) is -5.18. The second kappa shape index (κ2) is 11.3. The highest BCUT2D eigenvalue weighted by Gasteiger charge is 2.54. The number of anilines is 1. The van der Waals surface area contributed by atoms with E-state index in [1.165, 1.54) is 5.38 Å². The molecule has 4 rings (SSSR count). The number of oxime groups is 1. The van der Waals surface area contributed by atoms with E-state index in [9.17, 15) is 52.4 Å². The Balaban J connectivity index is 1.57. The number of hydrogen-bond acceptors (Lipinski definition) is 14. The minimum Gasteiger partial charge on any atom is -0.503 e. The van der Waals surface area contributed by atoms with Crippen molar-refractivity contribution < 1.29 is 52.4 Å². The zero-order valence-corrected chi connectivity index (χ0v) is 22.8. The molecule has 2 aliphatic rings. The molecule has 2 aromatic heterocycles. The van der Waals surface area contributed by atoms with Crippen LogP contribution in [0.1, 0.15) is 41.9 Å². The fourth-order valence-electron chi connectivity index (χ4n) is 4.37. The highest BCUT2D eigenvalue weighted by atomic mass is 32.2. The number of nitrogens with two attached hydrogens (primary N) is 1. The molecule has 226 valence electrons. The number of nitrogens with one attached hydrogen (secondary N) is 2. The Morgan fingerprint density at radius 3 is 2.50 bits per heavy atom. The predicted octanol–water partition coefficient (Wildman–Crippen LogP) is -2.12. The molecule has 1 aliphatic carbocycles. The van der Waals surface area contributed by atoms with Gasteiger partial charge >= 0.3 is 16.3 Å². The Labute approximate surface area is 239 Å². The van der Waals surface area contributed by atoms with E-state index in [0.717, 1.165) is 11.3 Å². The SMILES string of the molecule is Nc1nc(C(=NOC2(C(=O)O)CCCC2)C(=O)N[C@@H]2C(=O)N(S(=O)(=O)O)[C@@H]2CNC(=O)c2cc(=O)c(O)cn2O)cs1. The summed E-state index contributed by atoms with van der Waals surface area (Å²) >= 11 is 0.908. The molecule has 2 fully saturated rings. The quantitative estimate of drug-likeness (QED) is 0.0486. The van der Waals surface area contributed by atoms with Gasteiger partial charge in [0, 0.05) is 30.8 Å². The van der Waals surface area contributed by atoms with Crippen LogP contribution >= 0.6 is 11.3 Å². The first-order chi connectivity index (χ1) is 19.6. The van der Waals surface area contributed by atoms with Crippen molar-refractivity contribution in [3.05, 3.63) is 39.3 Å². The van der Waals surface area contributed by atoms with Gasteiger partial charge in [0.1, 0.15) is 17.4 Å². The lowest BCUT2D eigenvalue weighted by Crippen LogP contribution is -2.74. The molecule has 0 aromatic carbocycles. The smallest absolute Gasteiger partial charge is 0.362 e. The van der Waals surface area contributed by atoms with Gasteiger partial charge in [-0.15, -0.1) is 11.3 Å². The Kier molecular flexibility index (Phi) is 8.09. The first-order valence-corrected chi connectivity index (χ1v) is 14.2. The van der Waals surface area contributed by atoms with Gasteiger partial charge in [0.2, 0.25) is 11.0 Å². The van der Waals surface area contributed by atoms with Crippen LogP contribution in [-0.4, -0.2) is 96.0 Å². The molecule has 42 heavy (non-hydrogen) atoms. The molecule has 1 aliphatic heterocycles. The number of β-lactam (4-membered cyclic amide) rings is 1. The van der Waals surface area contributed by atoms with Gasteiger partial charge < -0.3 is 36.6 Å². The van der Waals surface area contributed by atoms with Crippen LogP contribution in [0.3, 0.4) is 0 Å². The standard InChI is InChI=1S/C21H23N7O12S2/c22-20-24-9(8-41-20)14(26-40-21(19(34)35)3-1-2-4-21)17(32)25-15-11(28(18(15)33)42(37,38)39)6-23-16(31)10-5-12(29)13(30)7-27(10)36/h5,7-8,11,15,30,36H,1-4,6H2,(H2,22,24)(H,23,31)(H,25,32)(H,34,35)(H,37,38,39)/t11-,15+/m1/s1. The van der Waals surface area contributed by atoms with E-state index in [4.69, 9.17) is 10.6 Å². The maximum Gasteiger partial charge on any atom is 0.362 e. The van der Waals surface area contributed by atoms with E-state index in [1.807, 2.05) is 0 Å². The van der Waals surface area contributed by atoms with Crippen LogP contribution in [0.15, 0.2) is 27.6 Å². The van der Waals surface area contributed by atoms with Gasteiger partial charge in [-0.05, 0) is 12.8 Å². The molecule has 8 N–H and O–H groups in total. The van der Waals surface area contributed by atoms with Gasteiger partial charge in [-0.3, -0.25) is 23.7 Å². The van der Waals surface area contributed by atoms with Crippen LogP contribution < -0.4 is 21.8 Å². The predicted molar refractivity (Wildman–Crippen MR) is 139 cm³/mol. The lowest BCUT2D eigenvalue weighted by atomic mass is 9.98. The van der Waals surface area contributed by atoms with E-state index in [2.05, 4.69) is 20.8 Å². The molecule has 0 radical (unpaired) electrons. The van der Waals surface area contributed by atoms with Crippen molar-refractivity contribution in [2.45, 2.75) is 43.4 Å². The number of amides is 3. The molecular weight excluding hydrogens is 606 g/mol. The summed E-state index contributed by atoms with van der Waals surface area (Å²) in [5.74, 6) is -5.80. The second-order valence-corrected chi connectivity index (χ2v) is 11.4. The molecule has 0 spiro atoms. The normalized spacial score (nSPS) is 20.1. The average molecular weight is 630 g/mol. The zero-order valence-electron chi connectivity index (χ0n) is 21.2. The highest BCUT2D eigenvalue weighted by molar-refractivity contribution is 7.84. The van der Waals surface area contributed by atoms with Crippen molar-refractivity contribution in [1.29, 1.82) is 0 Å². The van der Waals surface area contributed by atoms with E-state index in [0.29, 0.717) is 25.1 Å². The Morgan fingerprint density at radius 1 is 1.26 bits per heavy atom. The fraction of sp³-hybridized carbons (Fsp3) is 0.381. The van der Waals surface area contributed by atoms with Crippen molar-refractivity contribution in [1.82, 2.24) is 24.7 Å². The number of carboxylic acids is 1. The van der Waals surface area contributed by atoms with Crippen molar-refractivity contribution >= 4 is 56.2 Å². The molecule has 0 unspecified atom stereocenters. The number of carboxylic acid groups (broad SMARTS) is 1. The number of aromatic nitrogens is 2. The topological polar surface area (TPSA) is 293 Å². The second-order valence-electron chi connectivity index (χ2n) is 9.20. The molecule has 1 saturated heterocycles. The number of rotatable bonds is 10. The number of pyridine rings is 1. The van der Waals surface area contributed by atoms with E-state index >= 15 is 0 Å². The van der Waals surface area contributed by atoms with Crippen LogP contribution in [-0.2, 0) is 29.5 Å². The number of aromatic hydroxyl groups is 1. The molecular formula is C21H23N7O12S2. The summed E-state index contributed by atoms with van der Waals surface area (Å²) in [6.07, 6.45) is 1.80. The molecule has 1 saturated carbocycles. The van der Waals surface area contributed by atoms with Crippen molar-refractivity contribution in [2.75, 3.05) is 12.3 Å². The maximum atomic E-state index is 13.2. The molecule has 19 nitrogen and oxygen atoms in total. The molecule has 21 heteroatoms. The first-order valence-electron chi connectivity index (χ1n) is 11.9. The van der Waals surface area contributed by atoms with Crippen LogP contribution in [0.5, 0.6) is 5.75 Å². The van der Waals surface area contributed by atoms with Gasteiger partial charge in [0.15, 0.2) is 16.6 Å². The average Bonchev–Trinajstić information content (AvgIpc) is 3.56. The summed E-state index contributed by atoms with van der Waals surface area (Å²) < 4.78 is 33.3. The number of nitrogen functional groups attached to an aromatic ring is 1. The van der Waals surface area contributed by atoms with E-state index in [1.54, 1.807) is 0 Å². The Bertz CT molecular complexity index is 1640. The third kappa shape index (κ3) is 5.82. The van der Waals surface area contributed by atoms with Gasteiger partial charge in [-0.2, -0.15) is 13.1 Å². The van der Waals surface area contributed by atoms with Crippen molar-refractivity contribution in [3.8, 4) is 5.75 Å². The van der Waals surface area contributed by atoms with E-state index in [-0.39, 0.29) is 32.7 Å². The van der Waals surface area contributed by atoms with Gasteiger partial charge in [0.05, 0.1) is 12.2 Å². The summed E-state index contributed by atoms with van der Waals surface area (Å²) in [5, 5.41) is 38.2. The van der Waals surface area contributed by atoms with Gasteiger partial charge in [-0.25, -0.2) is 14.1 Å². The molecule has 2 atom stereocenters. The summed E-state index contributed by atoms with van der Waals surface area (Å²) in [6.45, 7) is -0.737. The molecule has 3 amide bonds. The third-order valence-corrected chi connectivity index (χ3v) is 8.13. The lowest BCUT2D eigenvalue weighted by Gasteiger charge is -2.44. The van der Waals surface area contributed by atoms with Crippen LogP contribution in [0.25, 0.3) is 0 Å². The fourth-order valence-corrected chi connectivity index (χ4v) is 5.79. The van der Waals surface area contributed by atoms with Crippen LogP contribution in [0.2, 0.25) is 0 Å². The highest BCUT2D eigenvalue weighted by Crippen LogP contribution is 2.34. The summed E-state index contributed by atoms with van der Waals surface area (Å²) in [5.41, 5.74) is 1.49. The number of thiazole rings is 1. The monoisotopic (exact) mass is 629 g/mol. The first kappa shape index (κ1) is 30.2. The molecule has 0 bridgehead atoms. The number of hydrogen-bond donors (Lipinski definition) is 7. The van der Waals surface area contributed by atoms with Gasteiger partial charge in [-0.1, -0.05) is 5.16 Å². The number of carbonyl (C=O) groups excluding carboxylic acids is 3. The minimum atomic E-state index is -5.18. The Hall–Kier alpha value is -4.76. The third-order valence-electron chi connectivity index (χ3n) is 6.51. The van der Waals surface area contributed by atoms with Gasteiger partial charge in [0.25, 0.3) is 17.7 Å². The maximum absolute atomic E-state index is 13.2. The summed E-state index contributed by atoms with van der Waals surface area (Å²) in [6, 6.07) is -2.72. The molecule has 3 heterocycles. The van der Waals surface area contributed by atoms with E-state index < -0.39 is 80.8 Å². The van der Waals surface area contributed by atoms with Crippen molar-refractivity contribution in [2.24, 2.45) is 5.16 Å². The van der Waals surface area contributed by atoms with Crippen LogP contribution in [0, 0.1) is 0 Å². The number of nitrogens with zero attached hydrogens (tertiary/aromatic N) is 4. The zero-order chi connectivity index (χ0) is 31.0. The number of aliphatic carboxylic acids is 1.